The van der Waals surface area contributed by atoms with Crippen molar-refractivity contribution in [1.82, 2.24) is 15.3 Å². The Balaban J connectivity index is 2.18. The lowest BCUT2D eigenvalue weighted by atomic mass is 9.76. The molecule has 1 atom stereocenters. The highest BCUT2D eigenvalue weighted by atomic mass is 35.5. The van der Waals surface area contributed by atoms with E-state index in [-0.39, 0.29) is 21.9 Å². The molecular weight excluding hydrogens is 299 g/mol. The van der Waals surface area contributed by atoms with E-state index >= 15 is 0 Å². The Morgan fingerprint density at radius 3 is 2.95 bits per heavy atom. The number of amides is 1. The SMILES string of the molecule is CCCC1(C(=O)Nc2ncnc(Cl)c2Cl)CCCNC1. The fourth-order valence-electron chi connectivity index (χ4n) is 2.64. The minimum absolute atomic E-state index is 0.0526. The van der Waals surface area contributed by atoms with Crippen LogP contribution in [0.5, 0.6) is 0 Å². The second kappa shape index (κ2) is 6.70. The Bertz CT molecular complexity index is 484. The lowest BCUT2D eigenvalue weighted by Gasteiger charge is -2.36. The zero-order valence-electron chi connectivity index (χ0n) is 11.4. The third-order valence-corrected chi connectivity index (χ3v) is 4.40. The van der Waals surface area contributed by atoms with E-state index in [4.69, 9.17) is 23.2 Å². The summed E-state index contributed by atoms with van der Waals surface area (Å²) in [5, 5.41) is 6.42. The van der Waals surface area contributed by atoms with Crippen molar-refractivity contribution in [3.63, 3.8) is 0 Å². The molecule has 1 aliphatic rings. The monoisotopic (exact) mass is 316 g/mol. The highest BCUT2D eigenvalue weighted by molar-refractivity contribution is 6.42. The quantitative estimate of drug-likeness (QED) is 0.838. The fourth-order valence-corrected chi connectivity index (χ4v) is 2.92. The molecule has 1 unspecified atom stereocenters. The summed E-state index contributed by atoms with van der Waals surface area (Å²) < 4.78 is 0. The number of carbonyl (C=O) groups is 1. The van der Waals surface area contributed by atoms with Gasteiger partial charge < -0.3 is 10.6 Å². The van der Waals surface area contributed by atoms with Gasteiger partial charge in [0.2, 0.25) is 5.91 Å². The number of anilines is 1. The standard InChI is InChI=1S/C13H18Cl2N4O/c1-2-4-13(5-3-6-16-7-13)12(20)19-11-9(14)10(15)17-8-18-11/h8,16H,2-7H2,1H3,(H,17,18,19,20). The summed E-state index contributed by atoms with van der Waals surface area (Å²) >= 11 is 11.8. The highest BCUT2D eigenvalue weighted by Gasteiger charge is 2.39. The molecule has 20 heavy (non-hydrogen) atoms. The maximum absolute atomic E-state index is 12.6. The number of carbonyl (C=O) groups excluding carboxylic acids is 1. The van der Waals surface area contributed by atoms with Gasteiger partial charge in [-0.15, -0.1) is 0 Å². The van der Waals surface area contributed by atoms with Crippen LogP contribution in [0.3, 0.4) is 0 Å². The Morgan fingerprint density at radius 1 is 1.50 bits per heavy atom. The van der Waals surface area contributed by atoms with Gasteiger partial charge >= 0.3 is 0 Å². The first-order valence-electron chi connectivity index (χ1n) is 6.77. The van der Waals surface area contributed by atoms with Crippen LogP contribution in [0.4, 0.5) is 5.82 Å². The summed E-state index contributed by atoms with van der Waals surface area (Å²) in [7, 11) is 0. The second-order valence-electron chi connectivity index (χ2n) is 5.09. The molecule has 1 aliphatic heterocycles. The highest BCUT2D eigenvalue weighted by Crippen LogP contribution is 2.34. The largest absolute Gasteiger partial charge is 0.316 e. The molecular formula is C13H18Cl2N4O. The van der Waals surface area contributed by atoms with E-state index in [0.29, 0.717) is 6.54 Å². The van der Waals surface area contributed by atoms with Crippen LogP contribution in [0, 0.1) is 5.41 Å². The van der Waals surface area contributed by atoms with Crippen LogP contribution in [0.15, 0.2) is 6.33 Å². The Labute approximate surface area is 128 Å². The molecule has 2 rings (SSSR count). The molecule has 0 radical (unpaired) electrons. The second-order valence-corrected chi connectivity index (χ2v) is 5.83. The lowest BCUT2D eigenvalue weighted by Crippen LogP contribution is -2.48. The molecule has 0 aliphatic carbocycles. The molecule has 0 aromatic carbocycles. The van der Waals surface area contributed by atoms with Crippen LogP contribution in [0.1, 0.15) is 32.6 Å². The molecule has 1 aromatic heterocycles. The summed E-state index contributed by atoms with van der Waals surface area (Å²) in [6.45, 7) is 3.72. The Kier molecular flexibility index (Phi) is 5.18. The summed E-state index contributed by atoms with van der Waals surface area (Å²) in [5.74, 6) is 0.223. The molecule has 1 aromatic rings. The fraction of sp³-hybridized carbons (Fsp3) is 0.615. The molecule has 1 fully saturated rings. The topological polar surface area (TPSA) is 66.9 Å². The van der Waals surface area contributed by atoms with E-state index in [2.05, 4.69) is 27.5 Å². The minimum Gasteiger partial charge on any atom is -0.316 e. The van der Waals surface area contributed by atoms with Crippen molar-refractivity contribution in [2.75, 3.05) is 18.4 Å². The van der Waals surface area contributed by atoms with Crippen molar-refractivity contribution in [2.45, 2.75) is 32.6 Å². The number of hydrogen-bond donors (Lipinski definition) is 2. The lowest BCUT2D eigenvalue weighted by molar-refractivity contribution is -0.127. The van der Waals surface area contributed by atoms with Crippen LogP contribution in [0.25, 0.3) is 0 Å². The van der Waals surface area contributed by atoms with Crippen molar-refractivity contribution in [3.8, 4) is 0 Å². The molecule has 1 amide bonds. The predicted molar refractivity (Wildman–Crippen MR) is 80.1 cm³/mol. The van der Waals surface area contributed by atoms with Crippen molar-refractivity contribution in [1.29, 1.82) is 0 Å². The summed E-state index contributed by atoms with van der Waals surface area (Å²) in [4.78, 5) is 20.4. The zero-order valence-corrected chi connectivity index (χ0v) is 12.9. The number of aromatic nitrogens is 2. The van der Waals surface area contributed by atoms with Gasteiger partial charge in [0.25, 0.3) is 0 Å². The van der Waals surface area contributed by atoms with Crippen molar-refractivity contribution >= 4 is 34.9 Å². The van der Waals surface area contributed by atoms with Gasteiger partial charge in [-0.3, -0.25) is 4.79 Å². The number of hydrogen-bond acceptors (Lipinski definition) is 4. The van der Waals surface area contributed by atoms with Crippen molar-refractivity contribution < 1.29 is 4.79 Å². The first-order valence-corrected chi connectivity index (χ1v) is 7.53. The van der Waals surface area contributed by atoms with Gasteiger partial charge in [0.1, 0.15) is 11.3 Å². The zero-order chi connectivity index (χ0) is 14.6. The third kappa shape index (κ3) is 3.22. The van der Waals surface area contributed by atoms with Crippen LogP contribution in [0.2, 0.25) is 10.2 Å². The molecule has 0 bridgehead atoms. The van der Waals surface area contributed by atoms with E-state index < -0.39 is 5.41 Å². The number of rotatable bonds is 4. The summed E-state index contributed by atoms with van der Waals surface area (Å²) in [6, 6.07) is 0. The third-order valence-electron chi connectivity index (χ3n) is 3.66. The van der Waals surface area contributed by atoms with E-state index in [1.807, 2.05) is 0 Å². The molecule has 7 heteroatoms. The molecule has 0 spiro atoms. The summed E-state index contributed by atoms with van der Waals surface area (Å²) in [6.07, 6.45) is 4.94. The van der Waals surface area contributed by atoms with Gasteiger partial charge in [0.05, 0.1) is 5.41 Å². The van der Waals surface area contributed by atoms with E-state index in [1.54, 1.807) is 0 Å². The van der Waals surface area contributed by atoms with Crippen LogP contribution in [-0.2, 0) is 4.79 Å². The Morgan fingerprint density at radius 2 is 2.30 bits per heavy atom. The van der Waals surface area contributed by atoms with Crippen molar-refractivity contribution in [3.05, 3.63) is 16.5 Å². The number of halogens is 2. The van der Waals surface area contributed by atoms with Crippen LogP contribution in [-0.4, -0.2) is 29.0 Å². The predicted octanol–water partition coefficient (Wildman–Crippen LogP) is 2.89. The maximum atomic E-state index is 12.6. The normalized spacial score (nSPS) is 22.6. The smallest absolute Gasteiger partial charge is 0.233 e. The van der Waals surface area contributed by atoms with E-state index in [0.717, 1.165) is 32.2 Å². The van der Waals surface area contributed by atoms with Gasteiger partial charge in [-0.2, -0.15) is 0 Å². The van der Waals surface area contributed by atoms with Gasteiger partial charge in [0.15, 0.2) is 11.0 Å². The van der Waals surface area contributed by atoms with E-state index in [9.17, 15) is 4.79 Å². The van der Waals surface area contributed by atoms with Gasteiger partial charge in [-0.1, -0.05) is 36.5 Å². The first kappa shape index (κ1) is 15.5. The van der Waals surface area contributed by atoms with Crippen molar-refractivity contribution in [2.24, 2.45) is 5.41 Å². The van der Waals surface area contributed by atoms with Crippen LogP contribution < -0.4 is 10.6 Å². The van der Waals surface area contributed by atoms with Gasteiger partial charge in [-0.25, -0.2) is 9.97 Å². The van der Waals surface area contributed by atoms with E-state index in [1.165, 1.54) is 6.33 Å². The molecule has 0 saturated carbocycles. The average Bonchev–Trinajstić information content (AvgIpc) is 2.45. The molecule has 2 heterocycles. The number of piperidine rings is 1. The first-order chi connectivity index (χ1) is 9.59. The number of nitrogens with one attached hydrogen (secondary N) is 2. The Hall–Kier alpha value is -0.910. The minimum atomic E-state index is -0.395. The number of nitrogens with zero attached hydrogens (tertiary/aromatic N) is 2. The summed E-state index contributed by atoms with van der Waals surface area (Å²) in [5.41, 5.74) is -0.395. The molecule has 1 saturated heterocycles. The molecule has 5 nitrogen and oxygen atoms in total. The van der Waals surface area contributed by atoms with Gasteiger partial charge in [0, 0.05) is 6.54 Å². The molecule has 2 N–H and O–H groups in total. The average molecular weight is 317 g/mol. The maximum Gasteiger partial charge on any atom is 0.233 e. The molecule has 110 valence electrons. The van der Waals surface area contributed by atoms with Crippen LogP contribution >= 0.6 is 23.2 Å². The van der Waals surface area contributed by atoms with Gasteiger partial charge in [-0.05, 0) is 25.8 Å².